The van der Waals surface area contributed by atoms with Gasteiger partial charge in [-0.25, -0.2) is 0 Å². The molecule has 0 aromatic heterocycles. The van der Waals surface area contributed by atoms with Gasteiger partial charge in [-0.1, -0.05) is 17.7 Å². The highest BCUT2D eigenvalue weighted by molar-refractivity contribution is 7.87. The van der Waals surface area contributed by atoms with Crippen LogP contribution in [0.25, 0.3) is 0 Å². The molecule has 6 heteroatoms. The Morgan fingerprint density at radius 2 is 1.39 bits per heavy atom. The third-order valence-electron chi connectivity index (χ3n) is 3.44. The molecule has 0 aliphatic carbocycles. The smallest absolute Gasteiger partial charge is 0.339 e. The summed E-state index contributed by atoms with van der Waals surface area (Å²) >= 11 is 0. The minimum absolute atomic E-state index is 0.00882. The molecule has 0 N–H and O–H groups in total. The number of ether oxygens (including phenoxy) is 2. The SMILES string of the molecule is COc1ccc(S(=O)(=O)Oc2c(C)cc(C)cc2C)cc1OC. The van der Waals surface area contributed by atoms with Crippen molar-refractivity contribution in [2.75, 3.05) is 14.2 Å². The molecule has 0 aliphatic rings. The van der Waals surface area contributed by atoms with Gasteiger partial charge in [0, 0.05) is 6.07 Å². The van der Waals surface area contributed by atoms with Crippen LogP contribution >= 0.6 is 0 Å². The molecule has 0 spiro atoms. The van der Waals surface area contributed by atoms with Crippen LogP contribution in [0, 0.1) is 20.8 Å². The Labute approximate surface area is 136 Å². The standard InChI is InChI=1S/C17H20O5S/c1-11-8-12(2)17(13(3)9-11)22-23(18,19)14-6-7-15(20-4)16(10-14)21-5/h6-10H,1-5H3. The first-order valence-electron chi connectivity index (χ1n) is 7.03. The van der Waals surface area contributed by atoms with Crippen molar-refractivity contribution in [2.24, 2.45) is 0 Å². The predicted octanol–water partition coefficient (Wildman–Crippen LogP) is 3.40. The first-order chi connectivity index (χ1) is 10.8. The van der Waals surface area contributed by atoms with Crippen LogP contribution in [0.4, 0.5) is 0 Å². The van der Waals surface area contributed by atoms with Gasteiger partial charge in [0.2, 0.25) is 0 Å². The zero-order valence-corrected chi connectivity index (χ0v) is 14.7. The Bertz CT molecular complexity index is 802. The third-order valence-corrected chi connectivity index (χ3v) is 4.66. The van der Waals surface area contributed by atoms with Crippen LogP contribution < -0.4 is 13.7 Å². The molecule has 124 valence electrons. The highest BCUT2D eigenvalue weighted by Crippen LogP contribution is 2.32. The number of benzene rings is 2. The molecule has 2 rings (SSSR count). The average Bonchev–Trinajstić information content (AvgIpc) is 2.50. The van der Waals surface area contributed by atoms with Crippen molar-refractivity contribution in [1.82, 2.24) is 0 Å². The second-order valence-corrected chi connectivity index (χ2v) is 6.83. The molecule has 0 fully saturated rings. The lowest BCUT2D eigenvalue weighted by atomic mass is 10.1. The molecule has 0 aliphatic heterocycles. The fourth-order valence-electron chi connectivity index (χ4n) is 2.43. The summed E-state index contributed by atoms with van der Waals surface area (Å²) in [6.07, 6.45) is 0. The highest BCUT2D eigenvalue weighted by Gasteiger charge is 2.21. The molecule has 23 heavy (non-hydrogen) atoms. The number of methoxy groups -OCH3 is 2. The van der Waals surface area contributed by atoms with E-state index in [0.29, 0.717) is 17.2 Å². The molecular formula is C17H20O5S. The number of hydrogen-bond donors (Lipinski definition) is 0. The second-order valence-electron chi connectivity index (χ2n) is 5.28. The summed E-state index contributed by atoms with van der Waals surface area (Å²) in [6, 6.07) is 8.10. The molecule has 0 saturated carbocycles. The van der Waals surface area contributed by atoms with Crippen LogP contribution in [-0.4, -0.2) is 22.6 Å². The number of aryl methyl sites for hydroxylation is 3. The topological polar surface area (TPSA) is 61.8 Å². The summed E-state index contributed by atoms with van der Waals surface area (Å²) in [5, 5.41) is 0. The van der Waals surface area contributed by atoms with E-state index in [9.17, 15) is 8.42 Å². The largest absolute Gasteiger partial charge is 0.493 e. The first-order valence-corrected chi connectivity index (χ1v) is 8.43. The van der Waals surface area contributed by atoms with Crippen molar-refractivity contribution in [3.05, 3.63) is 47.0 Å². The molecule has 0 heterocycles. The molecule has 2 aromatic carbocycles. The number of rotatable bonds is 5. The summed E-state index contributed by atoms with van der Waals surface area (Å²) in [6.45, 7) is 5.59. The second kappa shape index (κ2) is 6.50. The summed E-state index contributed by atoms with van der Waals surface area (Å²) in [7, 11) is -1.03. The third kappa shape index (κ3) is 3.59. The van der Waals surface area contributed by atoms with Gasteiger partial charge < -0.3 is 13.7 Å². The van der Waals surface area contributed by atoms with Gasteiger partial charge in [0.1, 0.15) is 10.6 Å². The summed E-state index contributed by atoms with van der Waals surface area (Å²) < 4.78 is 40.7. The minimum atomic E-state index is -3.96. The van der Waals surface area contributed by atoms with E-state index >= 15 is 0 Å². The van der Waals surface area contributed by atoms with Crippen molar-refractivity contribution in [2.45, 2.75) is 25.7 Å². The Morgan fingerprint density at radius 3 is 1.91 bits per heavy atom. The molecule has 2 aromatic rings. The summed E-state index contributed by atoms with van der Waals surface area (Å²) in [5.74, 6) is 1.13. The number of hydrogen-bond acceptors (Lipinski definition) is 5. The molecule has 0 radical (unpaired) electrons. The van der Waals surface area contributed by atoms with E-state index in [-0.39, 0.29) is 4.90 Å². The van der Waals surface area contributed by atoms with Crippen LogP contribution in [0.2, 0.25) is 0 Å². The van der Waals surface area contributed by atoms with Gasteiger partial charge in [-0.2, -0.15) is 8.42 Å². The predicted molar refractivity (Wildman–Crippen MR) is 88.0 cm³/mol. The van der Waals surface area contributed by atoms with Crippen LogP contribution in [0.5, 0.6) is 17.2 Å². The van der Waals surface area contributed by atoms with Gasteiger partial charge in [0.05, 0.1) is 14.2 Å². The van der Waals surface area contributed by atoms with E-state index in [1.807, 2.05) is 32.9 Å². The first kappa shape index (κ1) is 17.1. The van der Waals surface area contributed by atoms with E-state index in [2.05, 4.69) is 0 Å². The molecule has 5 nitrogen and oxygen atoms in total. The normalized spacial score (nSPS) is 11.2. The van der Waals surface area contributed by atoms with Crippen LogP contribution in [0.1, 0.15) is 16.7 Å². The van der Waals surface area contributed by atoms with Crippen molar-refractivity contribution in [3.8, 4) is 17.2 Å². The monoisotopic (exact) mass is 336 g/mol. The quantitative estimate of drug-likeness (QED) is 0.783. The Balaban J connectivity index is 2.44. The molecular weight excluding hydrogens is 316 g/mol. The van der Waals surface area contributed by atoms with Gasteiger partial charge in [-0.3, -0.25) is 0 Å². The fourth-order valence-corrected chi connectivity index (χ4v) is 3.49. The van der Waals surface area contributed by atoms with E-state index in [0.717, 1.165) is 16.7 Å². The zero-order valence-electron chi connectivity index (χ0n) is 13.8. The van der Waals surface area contributed by atoms with Gasteiger partial charge in [-0.15, -0.1) is 0 Å². The van der Waals surface area contributed by atoms with Crippen LogP contribution in [-0.2, 0) is 10.1 Å². The Morgan fingerprint density at radius 1 is 0.826 bits per heavy atom. The van der Waals surface area contributed by atoms with Gasteiger partial charge >= 0.3 is 10.1 Å². The van der Waals surface area contributed by atoms with Gasteiger partial charge in [0.25, 0.3) is 0 Å². The lowest BCUT2D eigenvalue weighted by molar-refractivity contribution is 0.353. The van der Waals surface area contributed by atoms with E-state index in [1.165, 1.54) is 32.4 Å². The maximum atomic E-state index is 12.5. The van der Waals surface area contributed by atoms with Gasteiger partial charge in [-0.05, 0) is 44.0 Å². The van der Waals surface area contributed by atoms with E-state index < -0.39 is 10.1 Å². The summed E-state index contributed by atoms with van der Waals surface area (Å²) in [4.78, 5) is 0.00882. The minimum Gasteiger partial charge on any atom is -0.493 e. The molecule has 0 amide bonds. The molecule has 0 bridgehead atoms. The molecule has 0 saturated heterocycles. The van der Waals surface area contributed by atoms with Crippen molar-refractivity contribution in [1.29, 1.82) is 0 Å². The maximum absolute atomic E-state index is 12.5. The molecule has 0 atom stereocenters. The van der Waals surface area contributed by atoms with Crippen LogP contribution in [0.3, 0.4) is 0 Å². The maximum Gasteiger partial charge on any atom is 0.339 e. The van der Waals surface area contributed by atoms with E-state index in [1.54, 1.807) is 0 Å². The van der Waals surface area contributed by atoms with Crippen LogP contribution in [0.15, 0.2) is 35.2 Å². The average molecular weight is 336 g/mol. The highest BCUT2D eigenvalue weighted by atomic mass is 32.2. The molecule has 0 unspecified atom stereocenters. The van der Waals surface area contributed by atoms with Crippen molar-refractivity contribution >= 4 is 10.1 Å². The van der Waals surface area contributed by atoms with E-state index in [4.69, 9.17) is 13.7 Å². The zero-order chi connectivity index (χ0) is 17.2. The fraction of sp³-hybridized carbons (Fsp3) is 0.294. The van der Waals surface area contributed by atoms with Gasteiger partial charge in [0.15, 0.2) is 11.5 Å². The van der Waals surface area contributed by atoms with Crippen molar-refractivity contribution < 1.29 is 22.1 Å². The Hall–Kier alpha value is -2.21. The van der Waals surface area contributed by atoms with Crippen molar-refractivity contribution in [3.63, 3.8) is 0 Å². The summed E-state index contributed by atoms with van der Waals surface area (Å²) in [5.41, 5.74) is 2.59. The Kier molecular flexibility index (Phi) is 4.85. The lowest BCUT2D eigenvalue weighted by Crippen LogP contribution is -2.12. The lowest BCUT2D eigenvalue weighted by Gasteiger charge is -2.14.